The van der Waals surface area contributed by atoms with Crippen LogP contribution in [-0.4, -0.2) is 93.1 Å². The van der Waals surface area contributed by atoms with Crippen LogP contribution in [0.5, 0.6) is 0 Å². The summed E-state index contributed by atoms with van der Waals surface area (Å²) in [5.74, 6) is -6.28. The Morgan fingerprint density at radius 3 is 2.17 bits per heavy atom. The van der Waals surface area contributed by atoms with E-state index in [1.807, 2.05) is 51.1 Å². The third-order valence-corrected chi connectivity index (χ3v) is 9.56. The van der Waals surface area contributed by atoms with Crippen molar-refractivity contribution in [2.45, 2.75) is 116 Å². The number of carbonyl (C=O) groups is 7. The molecule has 0 radical (unpaired) electrons. The summed E-state index contributed by atoms with van der Waals surface area (Å²) in [7, 11) is 0. The number of aromatic nitrogens is 2. The Morgan fingerprint density at radius 2 is 1.54 bits per heavy atom. The number of aromatic amines is 1. The van der Waals surface area contributed by atoms with Crippen molar-refractivity contribution in [3.8, 4) is 0 Å². The van der Waals surface area contributed by atoms with Crippen LogP contribution in [0.25, 0.3) is 0 Å². The van der Waals surface area contributed by atoms with Crippen molar-refractivity contribution in [2.75, 3.05) is 6.54 Å². The number of Topliss-reactive ketones (excluding diaryl/α,β-unsaturated/α-hetero) is 1. The van der Waals surface area contributed by atoms with Gasteiger partial charge in [-0.05, 0) is 49.5 Å². The molecule has 0 unspecified atom stereocenters. The number of imidazole rings is 1. The summed E-state index contributed by atoms with van der Waals surface area (Å²) in [6, 6.07) is 3.38. The van der Waals surface area contributed by atoms with Crippen LogP contribution >= 0.6 is 0 Å². The highest BCUT2D eigenvalue weighted by Crippen LogP contribution is 2.20. The Kier molecular flexibility index (Phi) is 17.3. The van der Waals surface area contributed by atoms with Gasteiger partial charge in [-0.3, -0.25) is 33.6 Å². The maximum atomic E-state index is 14.0. The SMILES string of the molecule is CC[C@H](C)[C@@H](NC(=O)[C@@H](CCC(=O)O)NC(=O)[C@H](Cc1cnc[nH]1)NC(=O)[C@H](CC(C)C)NC(=O)[C@H](N)Cc1ccccc1)C(=O)[C@@H]1CCCCNC1=O. The van der Waals surface area contributed by atoms with Crippen molar-refractivity contribution in [3.63, 3.8) is 0 Å². The number of nitrogens with one attached hydrogen (secondary N) is 6. The molecule has 16 nitrogen and oxygen atoms in total. The van der Waals surface area contributed by atoms with E-state index in [0.29, 0.717) is 31.5 Å². The number of carboxylic acids is 1. The van der Waals surface area contributed by atoms with Crippen LogP contribution in [0.2, 0.25) is 0 Å². The predicted octanol–water partition coefficient (Wildman–Crippen LogP) is 0.904. The number of amides is 5. The van der Waals surface area contributed by atoms with Crippen LogP contribution < -0.4 is 32.3 Å². The first-order valence-corrected chi connectivity index (χ1v) is 18.7. The van der Waals surface area contributed by atoms with Gasteiger partial charge in [0.1, 0.15) is 18.1 Å². The first-order chi connectivity index (χ1) is 25.7. The van der Waals surface area contributed by atoms with E-state index in [1.165, 1.54) is 12.5 Å². The van der Waals surface area contributed by atoms with Crippen LogP contribution in [0.15, 0.2) is 42.9 Å². The van der Waals surface area contributed by atoms with Crippen molar-refractivity contribution in [2.24, 2.45) is 23.5 Å². The predicted molar refractivity (Wildman–Crippen MR) is 199 cm³/mol. The average Bonchev–Trinajstić information content (AvgIpc) is 3.56. The number of rotatable bonds is 21. The van der Waals surface area contributed by atoms with Gasteiger partial charge in [-0.2, -0.15) is 0 Å². The lowest BCUT2D eigenvalue weighted by atomic mass is 9.85. The summed E-state index contributed by atoms with van der Waals surface area (Å²) >= 11 is 0. The molecule has 0 aliphatic carbocycles. The molecule has 0 bridgehead atoms. The number of carbonyl (C=O) groups excluding carboxylic acids is 6. The van der Waals surface area contributed by atoms with Gasteiger partial charge < -0.3 is 42.4 Å². The smallest absolute Gasteiger partial charge is 0.303 e. The van der Waals surface area contributed by atoms with Crippen molar-refractivity contribution >= 4 is 41.3 Å². The van der Waals surface area contributed by atoms with E-state index in [9.17, 15) is 38.7 Å². The second kappa shape index (κ2) is 21.5. The number of benzene rings is 1. The number of nitrogens with zero attached hydrogens (tertiary/aromatic N) is 1. The van der Waals surface area contributed by atoms with Crippen LogP contribution in [0.3, 0.4) is 0 Å². The lowest BCUT2D eigenvalue weighted by Crippen LogP contribution is -2.60. The lowest BCUT2D eigenvalue weighted by Gasteiger charge is -2.29. The van der Waals surface area contributed by atoms with E-state index in [2.05, 4.69) is 36.6 Å². The standard InChI is InChI=1S/C38H56N8O8/c1-5-23(4)32(33(49)26-13-9-10-16-41-34(26)50)46-36(52)28(14-15-31(47)48)43-38(54)30(19-25-20-40-21-42-25)45-37(53)29(17-22(2)3)44-35(51)27(39)18-24-11-7-6-8-12-24/h6-8,11-12,20-23,26-30,32H,5,9-10,13-19,39H2,1-4H3,(H,40,42)(H,41,50)(H,43,54)(H,44,51)(H,45,53)(H,46,52)(H,47,48)/t23-,26-,27+,28+,29-,30-,32+/m0/s1. The van der Waals surface area contributed by atoms with Gasteiger partial charge in [-0.25, -0.2) is 4.98 Å². The fourth-order valence-corrected chi connectivity index (χ4v) is 6.26. The highest BCUT2D eigenvalue weighted by atomic mass is 16.4. The molecule has 54 heavy (non-hydrogen) atoms. The Balaban J connectivity index is 1.83. The Morgan fingerprint density at radius 1 is 0.889 bits per heavy atom. The number of carboxylic acid groups (broad SMARTS) is 1. The molecule has 2 aromatic rings. The van der Waals surface area contributed by atoms with Crippen molar-refractivity contribution in [1.82, 2.24) is 36.6 Å². The molecule has 1 saturated heterocycles. The number of H-pyrrole nitrogens is 1. The largest absolute Gasteiger partial charge is 0.481 e. The monoisotopic (exact) mass is 752 g/mol. The second-order valence-corrected chi connectivity index (χ2v) is 14.4. The molecule has 5 amide bonds. The maximum absolute atomic E-state index is 14.0. The van der Waals surface area contributed by atoms with Gasteiger partial charge in [-0.1, -0.05) is 70.9 Å². The molecule has 0 saturated carbocycles. The third kappa shape index (κ3) is 13.7. The molecule has 1 fully saturated rings. The zero-order valence-corrected chi connectivity index (χ0v) is 31.6. The van der Waals surface area contributed by atoms with Gasteiger partial charge in [0.05, 0.1) is 24.3 Å². The molecule has 1 aliphatic rings. The van der Waals surface area contributed by atoms with Gasteiger partial charge in [0, 0.05) is 31.3 Å². The molecular formula is C38H56N8O8. The van der Waals surface area contributed by atoms with E-state index in [0.717, 1.165) is 12.0 Å². The number of aliphatic carboxylic acids is 1. The van der Waals surface area contributed by atoms with Gasteiger partial charge in [0.2, 0.25) is 29.5 Å². The quantitative estimate of drug-likeness (QED) is 0.0837. The van der Waals surface area contributed by atoms with E-state index < -0.39 is 83.8 Å². The summed E-state index contributed by atoms with van der Waals surface area (Å²) in [6.45, 7) is 7.80. The first-order valence-electron chi connectivity index (χ1n) is 18.7. The topological polar surface area (TPSA) is 255 Å². The first kappa shape index (κ1) is 43.3. The van der Waals surface area contributed by atoms with Crippen LogP contribution in [0, 0.1) is 17.8 Å². The maximum Gasteiger partial charge on any atom is 0.303 e. The fraction of sp³-hybridized carbons (Fsp3) is 0.579. The number of nitrogens with two attached hydrogens (primary N) is 1. The van der Waals surface area contributed by atoms with Gasteiger partial charge in [0.25, 0.3) is 0 Å². The zero-order chi connectivity index (χ0) is 39.8. The van der Waals surface area contributed by atoms with E-state index in [1.54, 1.807) is 6.92 Å². The molecule has 7 atom stereocenters. The van der Waals surface area contributed by atoms with Crippen molar-refractivity contribution in [3.05, 3.63) is 54.1 Å². The summed E-state index contributed by atoms with van der Waals surface area (Å²) < 4.78 is 0. The summed E-state index contributed by atoms with van der Waals surface area (Å²) in [6.07, 6.45) is 4.61. The molecule has 296 valence electrons. The third-order valence-electron chi connectivity index (χ3n) is 9.56. The van der Waals surface area contributed by atoms with E-state index in [-0.39, 0.29) is 37.5 Å². The second-order valence-electron chi connectivity index (χ2n) is 14.4. The minimum Gasteiger partial charge on any atom is -0.481 e. The molecule has 1 aromatic carbocycles. The molecular weight excluding hydrogens is 696 g/mol. The summed E-state index contributed by atoms with van der Waals surface area (Å²) in [5, 5.41) is 23.0. The molecule has 2 heterocycles. The van der Waals surface area contributed by atoms with Gasteiger partial charge in [0.15, 0.2) is 5.78 Å². The summed E-state index contributed by atoms with van der Waals surface area (Å²) in [5.41, 5.74) is 7.52. The highest BCUT2D eigenvalue weighted by molar-refractivity contribution is 6.05. The number of hydrogen-bond donors (Lipinski definition) is 8. The van der Waals surface area contributed by atoms with Crippen molar-refractivity contribution in [1.29, 1.82) is 0 Å². The lowest BCUT2D eigenvalue weighted by molar-refractivity contribution is -0.140. The van der Waals surface area contributed by atoms with Gasteiger partial charge >= 0.3 is 5.97 Å². The normalized spacial score (nSPS) is 17.7. The van der Waals surface area contributed by atoms with Crippen LogP contribution in [-0.2, 0) is 46.4 Å². The molecule has 3 rings (SSSR count). The van der Waals surface area contributed by atoms with E-state index in [4.69, 9.17) is 5.73 Å². The van der Waals surface area contributed by atoms with Gasteiger partial charge in [-0.15, -0.1) is 0 Å². The average molecular weight is 753 g/mol. The number of ketones is 1. The molecule has 0 spiro atoms. The Bertz CT molecular complexity index is 1570. The fourth-order valence-electron chi connectivity index (χ4n) is 6.26. The highest BCUT2D eigenvalue weighted by Gasteiger charge is 2.38. The van der Waals surface area contributed by atoms with Crippen molar-refractivity contribution < 1.29 is 38.7 Å². The molecule has 9 N–H and O–H groups in total. The van der Waals surface area contributed by atoms with Crippen LogP contribution in [0.1, 0.15) is 83.9 Å². The zero-order valence-electron chi connectivity index (χ0n) is 31.6. The Hall–Kier alpha value is -5.12. The minimum absolute atomic E-state index is 0.0411. The number of hydrogen-bond acceptors (Lipinski definition) is 9. The molecule has 16 heteroatoms. The molecule has 1 aliphatic heterocycles. The summed E-state index contributed by atoms with van der Waals surface area (Å²) in [4.78, 5) is 99.7. The minimum atomic E-state index is -1.42. The van der Waals surface area contributed by atoms with Crippen LogP contribution in [0.4, 0.5) is 0 Å². The van der Waals surface area contributed by atoms with E-state index >= 15 is 0 Å². The Labute approximate surface area is 316 Å². The molecule has 1 aromatic heterocycles.